The highest BCUT2D eigenvalue weighted by atomic mass is 35.5. The van der Waals surface area contributed by atoms with Gasteiger partial charge in [0.2, 0.25) is 5.95 Å². The monoisotopic (exact) mass is 406 g/mol. The van der Waals surface area contributed by atoms with Gasteiger partial charge in [-0.1, -0.05) is 36.9 Å². The molecule has 1 fully saturated rings. The standard InChI is InChI=1S/C22H23ClN6/c1-3-5-20(24-9-4-2)17-11-21(25-13-18(17)23)29-10-8-19-15(14-29)12-26-22(28-19)27-16-6-7-16/h3-5,9,11-13,16H,1-2,6-8,10,14H2,(H,26,27,28)/b20-5-,24-9-. The first kappa shape index (κ1) is 19.3. The molecule has 0 atom stereocenters. The molecule has 1 saturated carbocycles. The molecule has 0 saturated heterocycles. The normalized spacial score (nSPS) is 16.6. The van der Waals surface area contributed by atoms with Crippen LogP contribution in [0.3, 0.4) is 0 Å². The first-order chi connectivity index (χ1) is 14.2. The molecule has 0 bridgehead atoms. The van der Waals surface area contributed by atoms with E-state index in [1.807, 2.05) is 18.3 Å². The summed E-state index contributed by atoms with van der Waals surface area (Å²) in [6, 6.07) is 2.51. The van der Waals surface area contributed by atoms with Gasteiger partial charge in [-0.05, 0) is 25.0 Å². The van der Waals surface area contributed by atoms with Crippen LogP contribution in [-0.2, 0) is 13.0 Å². The van der Waals surface area contributed by atoms with Gasteiger partial charge in [0.1, 0.15) is 5.82 Å². The van der Waals surface area contributed by atoms with Gasteiger partial charge in [0.25, 0.3) is 0 Å². The average molecular weight is 407 g/mol. The van der Waals surface area contributed by atoms with Gasteiger partial charge >= 0.3 is 0 Å². The summed E-state index contributed by atoms with van der Waals surface area (Å²) in [4.78, 5) is 20.3. The van der Waals surface area contributed by atoms with Gasteiger partial charge in [-0.3, -0.25) is 4.99 Å². The van der Waals surface area contributed by atoms with Crippen molar-refractivity contribution in [1.82, 2.24) is 15.0 Å². The molecule has 1 N–H and O–H groups in total. The van der Waals surface area contributed by atoms with E-state index in [9.17, 15) is 0 Å². The number of hydrogen-bond acceptors (Lipinski definition) is 6. The highest BCUT2D eigenvalue weighted by molar-refractivity contribution is 6.32. The molecule has 2 aliphatic rings. The number of allylic oxidation sites excluding steroid dienone is 3. The third kappa shape index (κ3) is 4.54. The average Bonchev–Trinajstić information content (AvgIpc) is 3.55. The Morgan fingerprint density at radius 3 is 2.86 bits per heavy atom. The minimum Gasteiger partial charge on any atom is -0.352 e. The lowest BCUT2D eigenvalue weighted by atomic mass is 10.1. The van der Waals surface area contributed by atoms with Gasteiger partial charge in [-0.2, -0.15) is 0 Å². The lowest BCUT2D eigenvalue weighted by molar-refractivity contribution is 0.697. The first-order valence-corrected chi connectivity index (χ1v) is 10.1. The molecule has 7 heteroatoms. The van der Waals surface area contributed by atoms with Crippen LogP contribution in [0.4, 0.5) is 11.8 Å². The summed E-state index contributed by atoms with van der Waals surface area (Å²) in [5.74, 6) is 1.59. The molecule has 1 aliphatic carbocycles. The Morgan fingerprint density at radius 1 is 1.24 bits per heavy atom. The fourth-order valence-corrected chi connectivity index (χ4v) is 3.44. The lowest BCUT2D eigenvalue weighted by Crippen LogP contribution is -2.32. The van der Waals surface area contributed by atoms with E-state index in [1.54, 1.807) is 24.6 Å². The molecule has 148 valence electrons. The molecule has 2 aromatic rings. The van der Waals surface area contributed by atoms with E-state index in [4.69, 9.17) is 16.6 Å². The van der Waals surface area contributed by atoms with Crippen LogP contribution >= 0.6 is 11.6 Å². The molecule has 0 unspecified atom stereocenters. The zero-order valence-corrected chi connectivity index (χ0v) is 16.9. The van der Waals surface area contributed by atoms with Crippen LogP contribution in [0.25, 0.3) is 5.70 Å². The second-order valence-corrected chi connectivity index (χ2v) is 7.49. The van der Waals surface area contributed by atoms with Crippen molar-refractivity contribution in [3.63, 3.8) is 0 Å². The van der Waals surface area contributed by atoms with Gasteiger partial charge in [0.05, 0.1) is 16.4 Å². The molecule has 3 heterocycles. The fraction of sp³-hybridized carbons (Fsp3) is 0.273. The Kier molecular flexibility index (Phi) is 5.71. The predicted octanol–water partition coefficient (Wildman–Crippen LogP) is 4.45. The number of aliphatic imine (C=N–C) groups is 1. The van der Waals surface area contributed by atoms with Crippen molar-refractivity contribution >= 4 is 35.3 Å². The zero-order chi connectivity index (χ0) is 20.2. The molecule has 0 spiro atoms. The van der Waals surface area contributed by atoms with E-state index in [1.165, 1.54) is 12.8 Å². The Balaban J connectivity index is 1.57. The van der Waals surface area contributed by atoms with Gasteiger partial charge < -0.3 is 10.2 Å². The van der Waals surface area contributed by atoms with E-state index in [0.717, 1.165) is 41.6 Å². The Bertz CT molecular complexity index is 993. The lowest BCUT2D eigenvalue weighted by Gasteiger charge is -2.29. The Morgan fingerprint density at radius 2 is 2.10 bits per heavy atom. The van der Waals surface area contributed by atoms with Crippen molar-refractivity contribution < 1.29 is 0 Å². The maximum Gasteiger partial charge on any atom is 0.223 e. The van der Waals surface area contributed by atoms with Crippen LogP contribution in [-0.4, -0.2) is 33.8 Å². The minimum atomic E-state index is 0.541. The quantitative estimate of drug-likeness (QED) is 0.543. The summed E-state index contributed by atoms with van der Waals surface area (Å²) in [6.45, 7) is 8.98. The van der Waals surface area contributed by atoms with Gasteiger partial charge in [-0.25, -0.2) is 15.0 Å². The van der Waals surface area contributed by atoms with E-state index >= 15 is 0 Å². The molecule has 6 nitrogen and oxygen atoms in total. The smallest absolute Gasteiger partial charge is 0.223 e. The number of fused-ring (bicyclic) bond motifs is 1. The van der Waals surface area contributed by atoms with Crippen molar-refractivity contribution in [3.8, 4) is 0 Å². The summed E-state index contributed by atoms with van der Waals surface area (Å²) in [5.41, 5.74) is 3.75. The van der Waals surface area contributed by atoms with Crippen LogP contribution in [0.15, 0.2) is 54.8 Å². The molecule has 4 rings (SSSR count). The van der Waals surface area contributed by atoms with E-state index in [0.29, 0.717) is 23.3 Å². The van der Waals surface area contributed by atoms with E-state index < -0.39 is 0 Å². The maximum atomic E-state index is 6.41. The Labute approximate surface area is 175 Å². The van der Waals surface area contributed by atoms with E-state index in [2.05, 4.69) is 38.3 Å². The third-order valence-corrected chi connectivity index (χ3v) is 5.18. The largest absolute Gasteiger partial charge is 0.352 e. The number of nitrogens with zero attached hydrogens (tertiary/aromatic N) is 5. The minimum absolute atomic E-state index is 0.541. The number of nitrogens with one attached hydrogen (secondary N) is 1. The van der Waals surface area contributed by atoms with Crippen molar-refractivity contribution in [2.75, 3.05) is 16.8 Å². The SMILES string of the molecule is C=C/C=N\C(=C/C=C)c1cc(N2CCc3nc(NC4CC4)ncc3C2)ncc1Cl. The van der Waals surface area contributed by atoms with Crippen LogP contribution in [0.1, 0.15) is 29.7 Å². The first-order valence-electron chi connectivity index (χ1n) is 9.68. The molecule has 1 aliphatic heterocycles. The van der Waals surface area contributed by atoms with E-state index in [-0.39, 0.29) is 0 Å². The van der Waals surface area contributed by atoms with Crippen LogP contribution in [0, 0.1) is 0 Å². The van der Waals surface area contributed by atoms with Crippen LogP contribution < -0.4 is 10.2 Å². The number of aromatic nitrogens is 3. The molecule has 2 aromatic heterocycles. The second-order valence-electron chi connectivity index (χ2n) is 7.08. The van der Waals surface area contributed by atoms with Gasteiger partial charge in [0.15, 0.2) is 0 Å². The number of hydrogen-bond donors (Lipinski definition) is 1. The predicted molar refractivity (Wildman–Crippen MR) is 120 cm³/mol. The fourth-order valence-electron chi connectivity index (χ4n) is 3.24. The number of pyridine rings is 1. The van der Waals surface area contributed by atoms with Gasteiger partial charge in [0, 0.05) is 55.3 Å². The number of rotatable bonds is 7. The Hall–Kier alpha value is -2.99. The van der Waals surface area contributed by atoms with Crippen molar-refractivity contribution in [1.29, 1.82) is 0 Å². The molecular weight excluding hydrogens is 384 g/mol. The van der Waals surface area contributed by atoms with Crippen LogP contribution in [0.2, 0.25) is 5.02 Å². The zero-order valence-electron chi connectivity index (χ0n) is 16.2. The molecule has 29 heavy (non-hydrogen) atoms. The number of halogens is 1. The summed E-state index contributed by atoms with van der Waals surface area (Å²) < 4.78 is 0. The van der Waals surface area contributed by atoms with Crippen molar-refractivity contribution in [3.05, 3.63) is 71.7 Å². The third-order valence-electron chi connectivity index (χ3n) is 4.88. The summed E-state index contributed by atoms with van der Waals surface area (Å²) in [7, 11) is 0. The second kappa shape index (κ2) is 8.57. The topological polar surface area (TPSA) is 66.3 Å². The highest BCUT2D eigenvalue weighted by Crippen LogP contribution is 2.30. The van der Waals surface area contributed by atoms with Gasteiger partial charge in [-0.15, -0.1) is 0 Å². The summed E-state index contributed by atoms with van der Waals surface area (Å²) in [6.07, 6.45) is 13.6. The summed E-state index contributed by atoms with van der Waals surface area (Å²) in [5, 5.41) is 3.91. The maximum absolute atomic E-state index is 6.41. The molecule has 0 aromatic carbocycles. The number of anilines is 2. The van der Waals surface area contributed by atoms with Crippen molar-refractivity contribution in [2.45, 2.75) is 31.8 Å². The van der Waals surface area contributed by atoms with Crippen LogP contribution in [0.5, 0.6) is 0 Å². The summed E-state index contributed by atoms with van der Waals surface area (Å²) >= 11 is 6.41. The van der Waals surface area contributed by atoms with Crippen molar-refractivity contribution in [2.24, 2.45) is 4.99 Å². The molecule has 0 radical (unpaired) electrons. The highest BCUT2D eigenvalue weighted by Gasteiger charge is 2.24. The molecule has 0 amide bonds. The molecular formula is C22H23ClN6.